The van der Waals surface area contributed by atoms with Crippen LogP contribution in [0.5, 0.6) is 0 Å². The summed E-state index contributed by atoms with van der Waals surface area (Å²) in [6.45, 7) is 5.43. The molecule has 1 aliphatic rings. The molecule has 0 saturated heterocycles. The third-order valence-electron chi connectivity index (χ3n) is 3.60. The number of nitrogens with one attached hydrogen (secondary N) is 1. The van der Waals surface area contributed by atoms with Crippen molar-refractivity contribution in [1.82, 2.24) is 9.97 Å². The number of halogens is 1. The standard InChI is InChI=1S/C16H19BrN4OS/c1-9(18)6-12-10(2)13-14(23-12)15(21-16(17)20-13)19-7-11-4-3-5-22-8-11/h3-5,9H,6-8,18H2,1-2H3,(H,19,20,21)/t9-/m0/s1. The van der Waals surface area contributed by atoms with Gasteiger partial charge >= 0.3 is 0 Å². The number of ether oxygens (including phenoxy) is 1. The SMILES string of the molecule is Cc1c(C[C@H](C)N)sc2c(NCC3=CC=COC3)nc(Br)nc12. The summed E-state index contributed by atoms with van der Waals surface area (Å²) >= 11 is 5.13. The Kier molecular flexibility index (Phi) is 4.99. The van der Waals surface area contributed by atoms with E-state index in [0.29, 0.717) is 17.9 Å². The van der Waals surface area contributed by atoms with Crippen molar-refractivity contribution in [3.63, 3.8) is 0 Å². The Morgan fingerprint density at radius 3 is 3.00 bits per heavy atom. The van der Waals surface area contributed by atoms with Gasteiger partial charge in [-0.15, -0.1) is 11.3 Å². The maximum atomic E-state index is 5.96. The summed E-state index contributed by atoms with van der Waals surface area (Å²) in [6.07, 6.45) is 6.52. The number of fused-ring (bicyclic) bond motifs is 1. The molecule has 3 rings (SSSR count). The lowest BCUT2D eigenvalue weighted by Gasteiger charge is -2.12. The van der Waals surface area contributed by atoms with Gasteiger partial charge in [0.15, 0.2) is 4.73 Å². The van der Waals surface area contributed by atoms with E-state index >= 15 is 0 Å². The molecule has 2 aromatic rings. The third-order valence-corrected chi connectivity index (χ3v) is 5.27. The highest BCUT2D eigenvalue weighted by Gasteiger charge is 2.16. The summed E-state index contributed by atoms with van der Waals surface area (Å²) in [5.74, 6) is 0.848. The van der Waals surface area contributed by atoms with Gasteiger partial charge < -0.3 is 15.8 Å². The van der Waals surface area contributed by atoms with Gasteiger partial charge in [-0.25, -0.2) is 9.97 Å². The van der Waals surface area contributed by atoms with Crippen molar-refractivity contribution in [1.29, 1.82) is 0 Å². The van der Waals surface area contributed by atoms with Crippen molar-refractivity contribution in [2.75, 3.05) is 18.5 Å². The Morgan fingerprint density at radius 1 is 1.48 bits per heavy atom. The molecule has 0 spiro atoms. The topological polar surface area (TPSA) is 73.1 Å². The van der Waals surface area contributed by atoms with E-state index in [1.54, 1.807) is 17.6 Å². The predicted octanol–water partition coefficient (Wildman–Crippen LogP) is 3.53. The lowest BCUT2D eigenvalue weighted by Crippen LogP contribution is -2.17. The highest BCUT2D eigenvalue weighted by atomic mass is 79.9. The molecule has 3 N–H and O–H groups in total. The molecule has 0 aromatic carbocycles. The van der Waals surface area contributed by atoms with E-state index in [9.17, 15) is 0 Å². The van der Waals surface area contributed by atoms with Crippen LogP contribution in [0.3, 0.4) is 0 Å². The van der Waals surface area contributed by atoms with Crippen LogP contribution >= 0.6 is 27.3 Å². The summed E-state index contributed by atoms with van der Waals surface area (Å²) in [6, 6.07) is 0.130. The van der Waals surface area contributed by atoms with Gasteiger partial charge in [-0.3, -0.25) is 0 Å². The van der Waals surface area contributed by atoms with Gasteiger partial charge in [0, 0.05) is 17.5 Å². The highest BCUT2D eigenvalue weighted by Crippen LogP contribution is 2.35. The van der Waals surface area contributed by atoms with Crippen LogP contribution in [-0.4, -0.2) is 29.2 Å². The monoisotopic (exact) mass is 394 g/mol. The fourth-order valence-corrected chi connectivity index (χ4v) is 4.16. The second kappa shape index (κ2) is 6.98. The van der Waals surface area contributed by atoms with Crippen molar-refractivity contribution in [2.45, 2.75) is 26.3 Å². The van der Waals surface area contributed by atoms with E-state index in [-0.39, 0.29) is 6.04 Å². The quantitative estimate of drug-likeness (QED) is 0.758. The number of allylic oxidation sites excluding steroid dienone is 2. The highest BCUT2D eigenvalue weighted by molar-refractivity contribution is 9.10. The fraction of sp³-hybridized carbons (Fsp3) is 0.375. The Balaban J connectivity index is 1.92. The van der Waals surface area contributed by atoms with E-state index in [4.69, 9.17) is 10.5 Å². The molecule has 0 aliphatic carbocycles. The number of nitrogens with two attached hydrogens (primary N) is 1. The Hall–Kier alpha value is -1.44. The zero-order valence-corrected chi connectivity index (χ0v) is 15.5. The molecule has 1 aliphatic heterocycles. The first-order valence-electron chi connectivity index (χ1n) is 7.45. The first-order chi connectivity index (χ1) is 11.0. The number of anilines is 1. The fourth-order valence-electron chi connectivity index (χ4n) is 2.45. The van der Waals surface area contributed by atoms with E-state index in [2.05, 4.69) is 44.2 Å². The molecule has 2 aromatic heterocycles. The van der Waals surface area contributed by atoms with Crippen LogP contribution < -0.4 is 11.1 Å². The van der Waals surface area contributed by atoms with Crippen LogP contribution in [-0.2, 0) is 11.2 Å². The van der Waals surface area contributed by atoms with Crippen molar-refractivity contribution in [2.24, 2.45) is 5.73 Å². The molecule has 0 saturated carbocycles. The van der Waals surface area contributed by atoms with Crippen LogP contribution in [0.2, 0.25) is 0 Å². The number of aromatic nitrogens is 2. The number of nitrogens with zero attached hydrogens (tertiary/aromatic N) is 2. The number of rotatable bonds is 5. The lowest BCUT2D eigenvalue weighted by molar-refractivity contribution is 0.275. The van der Waals surface area contributed by atoms with Crippen molar-refractivity contribution >= 4 is 43.3 Å². The molecule has 0 radical (unpaired) electrons. The summed E-state index contributed by atoms with van der Waals surface area (Å²) in [5, 5.41) is 3.41. The Morgan fingerprint density at radius 2 is 2.30 bits per heavy atom. The second-order valence-electron chi connectivity index (χ2n) is 5.67. The molecule has 1 atom stereocenters. The van der Waals surface area contributed by atoms with Gasteiger partial charge in [-0.1, -0.05) is 6.08 Å². The average Bonchev–Trinajstić information content (AvgIpc) is 2.82. The molecule has 3 heterocycles. The Bertz CT molecular complexity index is 782. The first-order valence-corrected chi connectivity index (χ1v) is 9.06. The van der Waals surface area contributed by atoms with Gasteiger partial charge in [0.1, 0.15) is 12.4 Å². The molecular weight excluding hydrogens is 376 g/mol. The van der Waals surface area contributed by atoms with Crippen molar-refractivity contribution in [3.05, 3.63) is 39.2 Å². The minimum atomic E-state index is 0.130. The molecule has 0 amide bonds. The van der Waals surface area contributed by atoms with E-state index < -0.39 is 0 Å². The maximum absolute atomic E-state index is 5.96. The molecule has 0 unspecified atom stereocenters. The van der Waals surface area contributed by atoms with E-state index in [1.807, 2.05) is 13.0 Å². The van der Waals surface area contributed by atoms with Crippen molar-refractivity contribution < 1.29 is 4.74 Å². The molecule has 122 valence electrons. The molecule has 0 bridgehead atoms. The summed E-state index contributed by atoms with van der Waals surface area (Å²) in [4.78, 5) is 10.3. The second-order valence-corrected chi connectivity index (χ2v) is 7.48. The van der Waals surface area contributed by atoms with Gasteiger partial charge in [-0.2, -0.15) is 0 Å². The minimum Gasteiger partial charge on any atom is -0.497 e. The van der Waals surface area contributed by atoms with Crippen LogP contribution in [0.25, 0.3) is 10.2 Å². The maximum Gasteiger partial charge on any atom is 0.199 e. The number of thiophene rings is 1. The molecule has 5 nitrogen and oxygen atoms in total. The molecule has 23 heavy (non-hydrogen) atoms. The van der Waals surface area contributed by atoms with Crippen LogP contribution in [0, 0.1) is 6.92 Å². The van der Waals surface area contributed by atoms with Crippen LogP contribution in [0.4, 0.5) is 5.82 Å². The lowest BCUT2D eigenvalue weighted by atomic mass is 10.1. The number of hydrogen-bond acceptors (Lipinski definition) is 6. The normalized spacial score (nSPS) is 15.4. The average molecular weight is 395 g/mol. The van der Waals surface area contributed by atoms with Gasteiger partial charge in [0.25, 0.3) is 0 Å². The largest absolute Gasteiger partial charge is 0.497 e. The number of aryl methyl sites for hydroxylation is 1. The van der Waals surface area contributed by atoms with Gasteiger partial charge in [-0.05, 0) is 53.4 Å². The number of hydrogen-bond donors (Lipinski definition) is 2. The molecule has 0 fully saturated rings. The third kappa shape index (κ3) is 3.73. The summed E-state index contributed by atoms with van der Waals surface area (Å²) < 4.78 is 6.98. The van der Waals surface area contributed by atoms with Crippen LogP contribution in [0.15, 0.2) is 28.7 Å². The van der Waals surface area contributed by atoms with Crippen LogP contribution in [0.1, 0.15) is 17.4 Å². The zero-order chi connectivity index (χ0) is 16.4. The minimum absolute atomic E-state index is 0.130. The molecular formula is C16H19BrN4OS. The summed E-state index contributed by atoms with van der Waals surface area (Å²) in [5.41, 5.74) is 9.32. The Labute approximate surface area is 147 Å². The molecule has 7 heteroatoms. The van der Waals surface area contributed by atoms with E-state index in [1.165, 1.54) is 16.0 Å². The van der Waals surface area contributed by atoms with Gasteiger partial charge in [0.2, 0.25) is 0 Å². The van der Waals surface area contributed by atoms with E-state index in [0.717, 1.165) is 22.5 Å². The smallest absolute Gasteiger partial charge is 0.199 e. The first kappa shape index (κ1) is 16.4. The predicted molar refractivity (Wildman–Crippen MR) is 98.9 cm³/mol. The summed E-state index contributed by atoms with van der Waals surface area (Å²) in [7, 11) is 0. The van der Waals surface area contributed by atoms with Gasteiger partial charge in [0.05, 0.1) is 16.5 Å². The van der Waals surface area contributed by atoms with Crippen molar-refractivity contribution in [3.8, 4) is 0 Å². The zero-order valence-electron chi connectivity index (χ0n) is 13.1.